The number of amides is 1. The zero-order chi connectivity index (χ0) is 15.2. The fourth-order valence-corrected chi connectivity index (χ4v) is 2.75. The molecule has 2 rings (SSSR count). The lowest BCUT2D eigenvalue weighted by Gasteiger charge is -2.07. The Morgan fingerprint density at radius 1 is 1.14 bits per heavy atom. The van der Waals surface area contributed by atoms with Crippen molar-refractivity contribution in [2.75, 3.05) is 11.1 Å². The van der Waals surface area contributed by atoms with Crippen LogP contribution in [0.2, 0.25) is 0 Å². The molecular weight excluding hydrogens is 285 g/mol. The van der Waals surface area contributed by atoms with Crippen molar-refractivity contribution in [1.82, 2.24) is 0 Å². The van der Waals surface area contributed by atoms with Crippen molar-refractivity contribution in [3.05, 3.63) is 65.0 Å². The monoisotopic (exact) mass is 303 g/mol. The summed E-state index contributed by atoms with van der Waals surface area (Å²) in [5, 5.41) is 2.60. The van der Waals surface area contributed by atoms with Crippen LogP contribution in [0.15, 0.2) is 42.5 Å². The first-order valence-corrected chi connectivity index (χ1v) is 7.89. The Balaban J connectivity index is 1.82. The fraction of sp³-hybridized carbons (Fsp3) is 0.235. The topological polar surface area (TPSA) is 29.1 Å². The lowest BCUT2D eigenvalue weighted by molar-refractivity contribution is -0.113. The molecule has 0 saturated carbocycles. The van der Waals surface area contributed by atoms with Crippen molar-refractivity contribution in [2.24, 2.45) is 0 Å². The van der Waals surface area contributed by atoms with Crippen LogP contribution in [0.3, 0.4) is 0 Å². The number of nitrogens with one attached hydrogen (secondary N) is 1. The van der Waals surface area contributed by atoms with E-state index in [0.717, 1.165) is 11.3 Å². The van der Waals surface area contributed by atoms with Crippen molar-refractivity contribution >= 4 is 23.4 Å². The highest BCUT2D eigenvalue weighted by molar-refractivity contribution is 7.99. The van der Waals surface area contributed by atoms with Crippen LogP contribution in [0, 0.1) is 19.7 Å². The molecule has 110 valence electrons. The number of rotatable bonds is 5. The Labute approximate surface area is 128 Å². The van der Waals surface area contributed by atoms with Gasteiger partial charge in [-0.2, -0.15) is 0 Å². The third-order valence-electron chi connectivity index (χ3n) is 2.98. The molecule has 2 nitrogen and oxygen atoms in total. The van der Waals surface area contributed by atoms with Gasteiger partial charge in [-0.3, -0.25) is 4.79 Å². The lowest BCUT2D eigenvalue weighted by atomic mass is 10.2. The maximum absolute atomic E-state index is 13.6. The first kappa shape index (κ1) is 15.6. The van der Waals surface area contributed by atoms with Gasteiger partial charge in [0.15, 0.2) is 0 Å². The first-order valence-electron chi connectivity index (χ1n) is 6.74. The predicted molar refractivity (Wildman–Crippen MR) is 87.1 cm³/mol. The molecule has 0 fully saturated rings. The van der Waals surface area contributed by atoms with E-state index in [0.29, 0.717) is 5.75 Å². The minimum Gasteiger partial charge on any atom is -0.323 e. The Morgan fingerprint density at radius 3 is 2.62 bits per heavy atom. The van der Waals surface area contributed by atoms with E-state index in [1.165, 1.54) is 29.0 Å². The normalized spacial score (nSPS) is 10.4. The van der Waals surface area contributed by atoms with Gasteiger partial charge in [-0.1, -0.05) is 35.9 Å². The number of thioether (sulfide) groups is 1. The molecule has 1 N–H and O–H groups in total. The number of hydrogen-bond acceptors (Lipinski definition) is 2. The lowest BCUT2D eigenvalue weighted by Crippen LogP contribution is -2.15. The summed E-state index contributed by atoms with van der Waals surface area (Å²) in [5.41, 5.74) is 3.47. The third kappa shape index (κ3) is 4.90. The van der Waals surface area contributed by atoms with Crippen LogP contribution in [-0.4, -0.2) is 11.7 Å². The molecule has 0 aromatic heterocycles. The van der Waals surface area contributed by atoms with Gasteiger partial charge < -0.3 is 5.32 Å². The van der Waals surface area contributed by atoms with E-state index in [9.17, 15) is 9.18 Å². The van der Waals surface area contributed by atoms with Crippen molar-refractivity contribution in [1.29, 1.82) is 0 Å². The SMILES string of the molecule is Cc1cccc(CSCC(=O)Nc2ccc(C)cc2F)c1. The third-order valence-corrected chi connectivity index (χ3v) is 3.99. The molecule has 0 atom stereocenters. The van der Waals surface area contributed by atoms with Crippen LogP contribution in [0.5, 0.6) is 0 Å². The van der Waals surface area contributed by atoms with E-state index in [1.807, 2.05) is 32.0 Å². The average Bonchev–Trinajstić information content (AvgIpc) is 2.42. The standard InChI is InChI=1S/C17H18FNOS/c1-12-4-3-5-14(8-12)10-21-11-17(20)19-16-7-6-13(2)9-15(16)18/h3-9H,10-11H2,1-2H3,(H,19,20). The highest BCUT2D eigenvalue weighted by Gasteiger charge is 2.07. The van der Waals surface area contributed by atoms with Crippen molar-refractivity contribution in [2.45, 2.75) is 19.6 Å². The Hall–Kier alpha value is -1.81. The first-order chi connectivity index (χ1) is 10.0. The molecule has 2 aromatic carbocycles. The summed E-state index contributed by atoms with van der Waals surface area (Å²) < 4.78 is 13.6. The summed E-state index contributed by atoms with van der Waals surface area (Å²) in [5.74, 6) is 0.495. The molecule has 0 heterocycles. The molecule has 0 unspecified atom stereocenters. The van der Waals surface area contributed by atoms with Crippen LogP contribution in [0.1, 0.15) is 16.7 Å². The molecule has 0 saturated heterocycles. The Bertz CT molecular complexity index is 642. The van der Waals surface area contributed by atoms with E-state index in [2.05, 4.69) is 11.4 Å². The maximum atomic E-state index is 13.6. The molecule has 2 aromatic rings. The van der Waals surface area contributed by atoms with E-state index in [1.54, 1.807) is 12.1 Å². The molecule has 0 bridgehead atoms. The van der Waals surface area contributed by atoms with Gasteiger partial charge in [0, 0.05) is 5.75 Å². The largest absolute Gasteiger partial charge is 0.323 e. The molecule has 0 spiro atoms. The number of benzene rings is 2. The maximum Gasteiger partial charge on any atom is 0.234 e. The van der Waals surface area contributed by atoms with Gasteiger partial charge >= 0.3 is 0 Å². The second-order valence-corrected chi connectivity index (χ2v) is 6.00. The molecule has 1 amide bonds. The number of carbonyl (C=O) groups excluding carboxylic acids is 1. The molecule has 0 aliphatic rings. The summed E-state index contributed by atoms with van der Waals surface area (Å²) in [6.07, 6.45) is 0. The van der Waals surface area contributed by atoms with Crippen LogP contribution < -0.4 is 5.32 Å². The Morgan fingerprint density at radius 2 is 1.90 bits per heavy atom. The van der Waals surface area contributed by atoms with E-state index >= 15 is 0 Å². The smallest absolute Gasteiger partial charge is 0.234 e. The van der Waals surface area contributed by atoms with Gasteiger partial charge in [-0.05, 0) is 37.1 Å². The molecule has 4 heteroatoms. The summed E-state index contributed by atoms with van der Waals surface area (Å²) in [4.78, 5) is 11.8. The van der Waals surface area contributed by atoms with E-state index in [-0.39, 0.29) is 11.6 Å². The molecule has 0 aliphatic carbocycles. The van der Waals surface area contributed by atoms with Gasteiger partial charge in [-0.25, -0.2) is 4.39 Å². The number of anilines is 1. The second-order valence-electron chi connectivity index (χ2n) is 5.01. The van der Waals surface area contributed by atoms with Crippen LogP contribution in [0.25, 0.3) is 0 Å². The number of hydrogen-bond donors (Lipinski definition) is 1. The average molecular weight is 303 g/mol. The van der Waals surface area contributed by atoms with Crippen LogP contribution in [0.4, 0.5) is 10.1 Å². The van der Waals surface area contributed by atoms with Gasteiger partial charge in [0.25, 0.3) is 0 Å². The van der Waals surface area contributed by atoms with Gasteiger partial charge in [0.05, 0.1) is 11.4 Å². The van der Waals surface area contributed by atoms with E-state index in [4.69, 9.17) is 0 Å². The Kier molecular flexibility index (Phi) is 5.39. The molecule has 0 aliphatic heterocycles. The number of carbonyl (C=O) groups is 1. The van der Waals surface area contributed by atoms with Crippen molar-refractivity contribution in [3.63, 3.8) is 0 Å². The minimum atomic E-state index is -0.396. The number of halogens is 1. The van der Waals surface area contributed by atoms with Gasteiger partial charge in [-0.15, -0.1) is 11.8 Å². The minimum absolute atomic E-state index is 0.185. The second kappa shape index (κ2) is 7.27. The zero-order valence-electron chi connectivity index (χ0n) is 12.2. The zero-order valence-corrected chi connectivity index (χ0v) is 13.0. The summed E-state index contributed by atoms with van der Waals surface area (Å²) >= 11 is 1.52. The van der Waals surface area contributed by atoms with E-state index < -0.39 is 5.82 Å². The molecule has 21 heavy (non-hydrogen) atoms. The fourth-order valence-electron chi connectivity index (χ4n) is 1.97. The van der Waals surface area contributed by atoms with Crippen LogP contribution >= 0.6 is 11.8 Å². The number of aryl methyl sites for hydroxylation is 2. The van der Waals surface area contributed by atoms with Crippen molar-refractivity contribution < 1.29 is 9.18 Å². The molecule has 0 radical (unpaired) electrons. The predicted octanol–water partition coefficient (Wildman–Crippen LogP) is 4.31. The quantitative estimate of drug-likeness (QED) is 0.891. The highest BCUT2D eigenvalue weighted by Crippen LogP contribution is 2.17. The van der Waals surface area contributed by atoms with Gasteiger partial charge in [0.2, 0.25) is 5.91 Å². The molecular formula is C17H18FNOS. The van der Waals surface area contributed by atoms with Crippen molar-refractivity contribution in [3.8, 4) is 0 Å². The van der Waals surface area contributed by atoms with Gasteiger partial charge in [0.1, 0.15) is 5.82 Å². The van der Waals surface area contributed by atoms with Crippen LogP contribution in [-0.2, 0) is 10.5 Å². The summed E-state index contributed by atoms with van der Waals surface area (Å²) in [7, 11) is 0. The summed E-state index contributed by atoms with van der Waals surface area (Å²) in [6.45, 7) is 3.85. The highest BCUT2D eigenvalue weighted by atomic mass is 32.2. The summed E-state index contributed by atoms with van der Waals surface area (Å²) in [6, 6.07) is 13.0.